The molecule has 0 aliphatic rings. The fraction of sp³-hybridized carbons (Fsp3) is 0.143. The lowest BCUT2D eigenvalue weighted by Gasteiger charge is -2.09. The van der Waals surface area contributed by atoms with E-state index >= 15 is 0 Å². The molecule has 21 heavy (non-hydrogen) atoms. The number of benzene rings is 2. The van der Waals surface area contributed by atoms with Gasteiger partial charge in [-0.25, -0.2) is 0 Å². The van der Waals surface area contributed by atoms with Crippen LogP contribution in [0.25, 0.3) is 0 Å². The summed E-state index contributed by atoms with van der Waals surface area (Å²) in [6, 6.07) is 9.19. The van der Waals surface area contributed by atoms with E-state index in [0.29, 0.717) is 11.6 Å². The molecular formula is C14H10BrClFNO3. The fourth-order valence-corrected chi connectivity index (χ4v) is 2.49. The minimum Gasteiger partial charge on any atom is -0.489 e. The van der Waals surface area contributed by atoms with Crippen LogP contribution in [0, 0.1) is 15.9 Å². The summed E-state index contributed by atoms with van der Waals surface area (Å²) in [7, 11) is 0. The summed E-state index contributed by atoms with van der Waals surface area (Å²) in [6.45, 7) is -0.100. The van der Waals surface area contributed by atoms with Crippen molar-refractivity contribution in [2.24, 2.45) is 0 Å². The first kappa shape index (κ1) is 15.7. The molecule has 0 heterocycles. The van der Waals surface area contributed by atoms with Crippen LogP contribution in [0.4, 0.5) is 10.1 Å². The Balaban J connectivity index is 2.17. The fourth-order valence-electron chi connectivity index (χ4n) is 1.72. The molecule has 0 radical (unpaired) electrons. The second-order valence-electron chi connectivity index (χ2n) is 4.18. The van der Waals surface area contributed by atoms with Gasteiger partial charge in [0.05, 0.1) is 4.92 Å². The molecule has 0 amide bonds. The van der Waals surface area contributed by atoms with Crippen molar-refractivity contribution in [1.29, 1.82) is 0 Å². The number of nitrogens with zero attached hydrogens (tertiary/aromatic N) is 1. The van der Waals surface area contributed by atoms with E-state index in [4.69, 9.17) is 16.3 Å². The van der Waals surface area contributed by atoms with Gasteiger partial charge < -0.3 is 4.74 Å². The molecule has 0 unspecified atom stereocenters. The Morgan fingerprint density at radius 2 is 2.05 bits per heavy atom. The third-order valence-electron chi connectivity index (χ3n) is 2.81. The average molecular weight is 375 g/mol. The van der Waals surface area contributed by atoms with Gasteiger partial charge in [0.15, 0.2) is 0 Å². The van der Waals surface area contributed by atoms with Crippen LogP contribution in [-0.2, 0) is 12.5 Å². The van der Waals surface area contributed by atoms with Gasteiger partial charge >= 0.3 is 5.69 Å². The van der Waals surface area contributed by atoms with Crippen molar-refractivity contribution in [2.75, 3.05) is 0 Å². The molecule has 2 aromatic carbocycles. The predicted octanol–water partition coefficient (Wildman–Crippen LogP) is 4.81. The third-order valence-corrected chi connectivity index (χ3v) is 3.87. The van der Waals surface area contributed by atoms with E-state index in [0.717, 1.165) is 16.1 Å². The monoisotopic (exact) mass is 373 g/mol. The van der Waals surface area contributed by atoms with Crippen molar-refractivity contribution >= 4 is 33.2 Å². The third kappa shape index (κ3) is 3.71. The van der Waals surface area contributed by atoms with Crippen LogP contribution in [0.2, 0.25) is 0 Å². The topological polar surface area (TPSA) is 52.4 Å². The molecule has 0 atom stereocenters. The molecule has 0 bridgehead atoms. The highest BCUT2D eigenvalue weighted by molar-refractivity contribution is 9.10. The van der Waals surface area contributed by atoms with Crippen LogP contribution in [0.3, 0.4) is 0 Å². The second kappa shape index (κ2) is 6.87. The lowest BCUT2D eigenvalue weighted by molar-refractivity contribution is -0.387. The van der Waals surface area contributed by atoms with E-state index in [1.807, 2.05) is 0 Å². The summed E-state index contributed by atoms with van der Waals surface area (Å²) in [4.78, 5) is 9.91. The highest BCUT2D eigenvalue weighted by Crippen LogP contribution is 2.26. The molecule has 0 aliphatic carbocycles. The summed E-state index contributed by atoms with van der Waals surface area (Å²) in [5, 5.41) is 10.7. The Bertz CT molecular complexity index is 681. The smallest absolute Gasteiger partial charge is 0.305 e. The molecule has 2 aromatic rings. The van der Waals surface area contributed by atoms with Gasteiger partial charge in [-0.05, 0) is 23.8 Å². The van der Waals surface area contributed by atoms with Crippen LogP contribution < -0.4 is 4.74 Å². The van der Waals surface area contributed by atoms with Gasteiger partial charge in [-0.3, -0.25) is 10.1 Å². The quantitative estimate of drug-likeness (QED) is 0.428. The van der Waals surface area contributed by atoms with E-state index in [1.165, 1.54) is 12.1 Å². The van der Waals surface area contributed by atoms with Crippen LogP contribution in [0.15, 0.2) is 40.9 Å². The molecule has 4 nitrogen and oxygen atoms in total. The molecular weight excluding hydrogens is 365 g/mol. The van der Waals surface area contributed by atoms with Crippen molar-refractivity contribution in [2.45, 2.75) is 12.5 Å². The molecule has 0 saturated carbocycles. The van der Waals surface area contributed by atoms with Crippen molar-refractivity contribution < 1.29 is 14.1 Å². The van der Waals surface area contributed by atoms with E-state index in [9.17, 15) is 14.5 Å². The largest absolute Gasteiger partial charge is 0.489 e. The van der Waals surface area contributed by atoms with Gasteiger partial charge in [-0.2, -0.15) is 4.39 Å². The average Bonchev–Trinajstić information content (AvgIpc) is 2.47. The standard InChI is InChI=1S/C14H10BrClFNO3/c15-12-5-4-11(6-10(12)7-16)21-8-9-2-1-3-13(14(9)17)18(19)20/h1-6H,7-8H2. The Morgan fingerprint density at radius 1 is 1.29 bits per heavy atom. The molecule has 0 spiro atoms. The van der Waals surface area contributed by atoms with Gasteiger partial charge in [0.2, 0.25) is 5.82 Å². The molecule has 0 N–H and O–H groups in total. The summed E-state index contributed by atoms with van der Waals surface area (Å²) < 4.78 is 20.2. The minimum absolute atomic E-state index is 0.100. The second-order valence-corrected chi connectivity index (χ2v) is 5.30. The molecule has 110 valence electrons. The van der Waals surface area contributed by atoms with Crippen LogP contribution in [0.1, 0.15) is 11.1 Å². The maximum atomic E-state index is 13.9. The number of alkyl halides is 1. The predicted molar refractivity (Wildman–Crippen MR) is 81.1 cm³/mol. The number of nitro benzene ring substituents is 1. The first-order valence-corrected chi connectivity index (χ1v) is 7.24. The van der Waals surface area contributed by atoms with Crippen LogP contribution >= 0.6 is 27.5 Å². The molecule has 0 aliphatic heterocycles. The zero-order chi connectivity index (χ0) is 15.4. The van der Waals surface area contributed by atoms with E-state index in [-0.39, 0.29) is 12.2 Å². The molecule has 0 fully saturated rings. The van der Waals surface area contributed by atoms with E-state index in [2.05, 4.69) is 15.9 Å². The maximum absolute atomic E-state index is 13.9. The SMILES string of the molecule is O=[N+]([O-])c1cccc(COc2ccc(Br)c(CCl)c2)c1F. The number of rotatable bonds is 5. The minimum atomic E-state index is -0.878. The normalized spacial score (nSPS) is 10.4. The highest BCUT2D eigenvalue weighted by atomic mass is 79.9. The van der Waals surface area contributed by atoms with Gasteiger partial charge in [-0.1, -0.05) is 28.1 Å². The van der Waals surface area contributed by atoms with E-state index < -0.39 is 16.4 Å². The maximum Gasteiger partial charge on any atom is 0.305 e. The van der Waals surface area contributed by atoms with Gasteiger partial charge in [0, 0.05) is 22.0 Å². The highest BCUT2D eigenvalue weighted by Gasteiger charge is 2.17. The number of hydrogen-bond acceptors (Lipinski definition) is 3. The number of nitro groups is 1. The van der Waals surface area contributed by atoms with Crippen LogP contribution in [0.5, 0.6) is 5.75 Å². The van der Waals surface area contributed by atoms with Crippen molar-refractivity contribution in [3.05, 3.63) is 67.9 Å². The van der Waals surface area contributed by atoms with Gasteiger partial charge in [0.25, 0.3) is 0 Å². The summed E-state index contributed by atoms with van der Waals surface area (Å²) in [5.41, 5.74) is 0.404. The zero-order valence-corrected chi connectivity index (χ0v) is 13.0. The van der Waals surface area contributed by atoms with Crippen molar-refractivity contribution in [3.8, 4) is 5.75 Å². The first-order chi connectivity index (χ1) is 10.0. The molecule has 7 heteroatoms. The summed E-state index contributed by atoms with van der Waals surface area (Å²) >= 11 is 9.13. The molecule has 2 rings (SSSR count). The summed E-state index contributed by atoms with van der Waals surface area (Å²) in [6.07, 6.45) is 0. The van der Waals surface area contributed by atoms with Gasteiger partial charge in [0.1, 0.15) is 12.4 Å². The Kier molecular flexibility index (Phi) is 5.14. The summed E-state index contributed by atoms with van der Waals surface area (Å²) in [5.74, 6) is -0.0555. The van der Waals surface area contributed by atoms with Crippen molar-refractivity contribution in [1.82, 2.24) is 0 Å². The Labute approximate surface area is 133 Å². The number of ether oxygens (including phenoxy) is 1. The van der Waals surface area contributed by atoms with Gasteiger partial charge in [-0.15, -0.1) is 11.6 Å². The van der Waals surface area contributed by atoms with Crippen molar-refractivity contribution in [3.63, 3.8) is 0 Å². The lowest BCUT2D eigenvalue weighted by Crippen LogP contribution is -2.02. The van der Waals surface area contributed by atoms with Crippen LogP contribution in [-0.4, -0.2) is 4.92 Å². The molecule has 0 saturated heterocycles. The Hall–Kier alpha value is -1.66. The first-order valence-electron chi connectivity index (χ1n) is 5.92. The Morgan fingerprint density at radius 3 is 2.71 bits per heavy atom. The number of halogens is 3. The molecule has 0 aromatic heterocycles. The lowest BCUT2D eigenvalue weighted by atomic mass is 10.2. The number of hydrogen-bond donors (Lipinski definition) is 0. The zero-order valence-electron chi connectivity index (χ0n) is 10.7. The van der Waals surface area contributed by atoms with E-state index in [1.54, 1.807) is 18.2 Å².